The van der Waals surface area contributed by atoms with E-state index in [0.717, 1.165) is 5.56 Å². The van der Waals surface area contributed by atoms with Gasteiger partial charge in [0.25, 0.3) is 5.91 Å². The quantitative estimate of drug-likeness (QED) is 0.597. The van der Waals surface area contributed by atoms with Crippen molar-refractivity contribution in [3.05, 3.63) is 69.2 Å². The number of Topliss-reactive ketones (excluding diaryl/α,β-unsaturated/α-hetero) is 1. The predicted octanol–water partition coefficient (Wildman–Crippen LogP) is 3.85. The number of aryl methyl sites for hydroxylation is 1. The topological polar surface area (TPSA) is 72.5 Å². The number of ketones is 1. The summed E-state index contributed by atoms with van der Waals surface area (Å²) in [6, 6.07) is 11.3. The lowest BCUT2D eigenvalue weighted by Gasteiger charge is -2.13. The predicted molar refractivity (Wildman–Crippen MR) is 99.9 cm³/mol. The third-order valence-corrected chi connectivity index (χ3v) is 4.33. The maximum Gasteiger partial charge on any atom is 0.326 e. The fourth-order valence-electron chi connectivity index (χ4n) is 2.14. The molecule has 0 saturated carbocycles. The number of carbonyl (C=O) groups excluding carboxylic acids is 3. The van der Waals surface area contributed by atoms with E-state index in [-0.39, 0.29) is 22.9 Å². The lowest BCUT2D eigenvalue weighted by atomic mass is 10.1. The number of carbonyl (C=O) groups is 3. The summed E-state index contributed by atoms with van der Waals surface area (Å²) in [5.74, 6) is -1.53. The standard InChI is InChI=1S/C19H17Cl2NO4/c1-11-3-5-13(6-4-11)18(24)12(2)26-17(23)10-22-19(25)14-7-8-15(20)16(21)9-14/h3-9,12H,10H2,1-2H3,(H,22,25)/t12-/m0/s1. The monoisotopic (exact) mass is 393 g/mol. The molecular weight excluding hydrogens is 377 g/mol. The third kappa shape index (κ3) is 5.31. The molecule has 1 amide bonds. The van der Waals surface area contributed by atoms with Crippen LogP contribution >= 0.6 is 23.2 Å². The van der Waals surface area contributed by atoms with Crippen LogP contribution in [0.3, 0.4) is 0 Å². The van der Waals surface area contributed by atoms with Gasteiger partial charge in [-0.15, -0.1) is 0 Å². The molecule has 0 aromatic heterocycles. The zero-order chi connectivity index (χ0) is 19.3. The van der Waals surface area contributed by atoms with Gasteiger partial charge < -0.3 is 10.1 Å². The van der Waals surface area contributed by atoms with Gasteiger partial charge in [0.2, 0.25) is 5.78 Å². The molecule has 5 nitrogen and oxygen atoms in total. The molecule has 0 bridgehead atoms. The summed E-state index contributed by atoms with van der Waals surface area (Å²) < 4.78 is 5.08. The summed E-state index contributed by atoms with van der Waals surface area (Å²) in [7, 11) is 0. The fraction of sp³-hybridized carbons (Fsp3) is 0.211. The van der Waals surface area contributed by atoms with Gasteiger partial charge in [-0.1, -0.05) is 53.0 Å². The van der Waals surface area contributed by atoms with Crippen molar-refractivity contribution in [1.82, 2.24) is 5.32 Å². The Kier molecular flexibility index (Phi) is 6.77. The Morgan fingerprint density at radius 3 is 2.23 bits per heavy atom. The van der Waals surface area contributed by atoms with Crippen LogP contribution in [0.4, 0.5) is 0 Å². The van der Waals surface area contributed by atoms with E-state index in [1.165, 1.54) is 25.1 Å². The van der Waals surface area contributed by atoms with Crippen molar-refractivity contribution in [2.45, 2.75) is 20.0 Å². The Hall–Kier alpha value is -2.37. The maximum atomic E-state index is 12.2. The van der Waals surface area contributed by atoms with Gasteiger partial charge in [0.05, 0.1) is 10.0 Å². The number of benzene rings is 2. The molecule has 1 atom stereocenters. The van der Waals surface area contributed by atoms with Gasteiger partial charge in [-0.05, 0) is 32.0 Å². The fourth-order valence-corrected chi connectivity index (χ4v) is 2.43. The lowest BCUT2D eigenvalue weighted by molar-refractivity contribution is -0.145. The highest BCUT2D eigenvalue weighted by Crippen LogP contribution is 2.22. The molecule has 0 aliphatic rings. The molecule has 2 aromatic carbocycles. The molecule has 0 aliphatic carbocycles. The van der Waals surface area contributed by atoms with Gasteiger partial charge in [-0.2, -0.15) is 0 Å². The van der Waals surface area contributed by atoms with E-state index in [1.807, 2.05) is 6.92 Å². The summed E-state index contributed by atoms with van der Waals surface area (Å²) in [5, 5.41) is 2.97. The van der Waals surface area contributed by atoms with E-state index in [1.54, 1.807) is 24.3 Å². The van der Waals surface area contributed by atoms with E-state index in [9.17, 15) is 14.4 Å². The molecule has 0 fully saturated rings. The van der Waals surface area contributed by atoms with Crippen molar-refractivity contribution in [2.24, 2.45) is 0 Å². The van der Waals surface area contributed by atoms with Crippen LogP contribution in [-0.2, 0) is 9.53 Å². The minimum absolute atomic E-state index is 0.235. The van der Waals surface area contributed by atoms with Gasteiger partial charge in [0, 0.05) is 11.1 Å². The van der Waals surface area contributed by atoms with Gasteiger partial charge in [0.15, 0.2) is 6.10 Å². The first kappa shape index (κ1) is 19.9. The molecular formula is C19H17Cl2NO4. The number of hydrogen-bond acceptors (Lipinski definition) is 4. The Balaban J connectivity index is 1.87. The van der Waals surface area contributed by atoms with Crippen LogP contribution in [0.2, 0.25) is 10.0 Å². The van der Waals surface area contributed by atoms with Gasteiger partial charge in [0.1, 0.15) is 6.54 Å². The molecule has 1 N–H and O–H groups in total. The first-order chi connectivity index (χ1) is 12.3. The first-order valence-corrected chi connectivity index (χ1v) is 8.57. The maximum absolute atomic E-state index is 12.2. The Morgan fingerprint density at radius 1 is 1.00 bits per heavy atom. The number of hydrogen-bond donors (Lipinski definition) is 1. The van der Waals surface area contributed by atoms with Gasteiger partial charge >= 0.3 is 5.97 Å². The van der Waals surface area contributed by atoms with Crippen LogP contribution in [0.1, 0.15) is 33.2 Å². The van der Waals surface area contributed by atoms with Crippen LogP contribution < -0.4 is 5.32 Å². The zero-order valence-electron chi connectivity index (χ0n) is 14.2. The van der Waals surface area contributed by atoms with Gasteiger partial charge in [-0.3, -0.25) is 14.4 Å². The van der Waals surface area contributed by atoms with E-state index in [2.05, 4.69) is 5.32 Å². The number of nitrogens with one attached hydrogen (secondary N) is 1. The second-order valence-electron chi connectivity index (χ2n) is 5.67. The average molecular weight is 394 g/mol. The highest BCUT2D eigenvalue weighted by molar-refractivity contribution is 6.42. The van der Waals surface area contributed by atoms with E-state index in [4.69, 9.17) is 27.9 Å². The normalized spacial score (nSPS) is 11.5. The van der Waals surface area contributed by atoms with E-state index in [0.29, 0.717) is 10.6 Å². The molecule has 0 radical (unpaired) electrons. The zero-order valence-corrected chi connectivity index (χ0v) is 15.7. The molecule has 2 aromatic rings. The number of halogens is 2. The lowest BCUT2D eigenvalue weighted by Crippen LogP contribution is -2.34. The van der Waals surface area contributed by atoms with Crippen molar-refractivity contribution < 1.29 is 19.1 Å². The van der Waals surface area contributed by atoms with Crippen molar-refractivity contribution in [2.75, 3.05) is 6.54 Å². The Bertz CT molecular complexity index is 834. The highest BCUT2D eigenvalue weighted by atomic mass is 35.5. The second-order valence-corrected chi connectivity index (χ2v) is 6.49. The largest absolute Gasteiger partial charge is 0.453 e. The molecule has 0 heterocycles. The minimum atomic E-state index is -0.952. The summed E-state index contributed by atoms with van der Waals surface area (Å²) in [6.07, 6.45) is -0.952. The molecule has 26 heavy (non-hydrogen) atoms. The first-order valence-electron chi connectivity index (χ1n) is 7.81. The summed E-state index contributed by atoms with van der Waals surface area (Å²) in [5.41, 5.74) is 1.74. The SMILES string of the molecule is Cc1ccc(C(=O)[C@H](C)OC(=O)CNC(=O)c2ccc(Cl)c(Cl)c2)cc1. The molecule has 7 heteroatoms. The Morgan fingerprint density at radius 2 is 1.62 bits per heavy atom. The van der Waals surface area contributed by atoms with Crippen molar-refractivity contribution in [3.63, 3.8) is 0 Å². The van der Waals surface area contributed by atoms with E-state index >= 15 is 0 Å². The smallest absolute Gasteiger partial charge is 0.326 e. The summed E-state index contributed by atoms with van der Waals surface area (Å²) in [6.45, 7) is 3.03. The van der Waals surface area contributed by atoms with Crippen molar-refractivity contribution in [1.29, 1.82) is 0 Å². The number of amides is 1. The molecule has 136 valence electrons. The molecule has 0 unspecified atom stereocenters. The second kappa shape index (κ2) is 8.83. The number of rotatable bonds is 6. The average Bonchev–Trinajstić information content (AvgIpc) is 2.62. The van der Waals surface area contributed by atoms with Crippen LogP contribution in [0.15, 0.2) is 42.5 Å². The third-order valence-electron chi connectivity index (χ3n) is 3.59. The number of esters is 1. The Labute approximate surface area is 161 Å². The summed E-state index contributed by atoms with van der Waals surface area (Å²) in [4.78, 5) is 36.1. The van der Waals surface area contributed by atoms with Crippen LogP contribution in [0, 0.1) is 6.92 Å². The molecule has 0 saturated heterocycles. The molecule has 0 spiro atoms. The summed E-state index contributed by atoms with van der Waals surface area (Å²) >= 11 is 11.6. The number of ether oxygens (including phenoxy) is 1. The van der Waals surface area contributed by atoms with Crippen molar-refractivity contribution >= 4 is 40.9 Å². The van der Waals surface area contributed by atoms with Crippen LogP contribution in [0.5, 0.6) is 0 Å². The molecule has 2 rings (SSSR count). The minimum Gasteiger partial charge on any atom is -0.453 e. The van der Waals surface area contributed by atoms with Crippen LogP contribution in [0.25, 0.3) is 0 Å². The van der Waals surface area contributed by atoms with E-state index < -0.39 is 18.0 Å². The van der Waals surface area contributed by atoms with Crippen LogP contribution in [-0.4, -0.2) is 30.3 Å². The van der Waals surface area contributed by atoms with Crippen molar-refractivity contribution in [3.8, 4) is 0 Å². The van der Waals surface area contributed by atoms with Gasteiger partial charge in [-0.25, -0.2) is 0 Å². The molecule has 0 aliphatic heterocycles. The highest BCUT2D eigenvalue weighted by Gasteiger charge is 2.20.